The van der Waals surface area contributed by atoms with Crippen LogP contribution in [0.25, 0.3) is 0 Å². The first-order valence-electron chi connectivity index (χ1n) is 8.12. The van der Waals surface area contributed by atoms with Crippen LogP contribution in [0.15, 0.2) is 60.7 Å². The molecule has 2 rings (SSSR count). The van der Waals surface area contributed by atoms with Crippen molar-refractivity contribution in [1.82, 2.24) is 5.32 Å². The molecule has 0 saturated heterocycles. The smallest absolute Gasteiger partial charge is 0.0578 e. The third-order valence-electron chi connectivity index (χ3n) is 4.45. The Hall–Kier alpha value is -1.60. The average molecular weight is 281 g/mol. The minimum Gasteiger partial charge on any atom is -0.303 e. The summed E-state index contributed by atoms with van der Waals surface area (Å²) in [5.41, 5.74) is 2.67. The van der Waals surface area contributed by atoms with Crippen molar-refractivity contribution in [1.29, 1.82) is 0 Å². The first-order chi connectivity index (χ1) is 10.3. The highest BCUT2D eigenvalue weighted by molar-refractivity contribution is 5.31. The summed E-state index contributed by atoms with van der Waals surface area (Å²) >= 11 is 0. The Morgan fingerprint density at radius 2 is 1.19 bits per heavy atom. The SMILES string of the molecule is CCC(CC)C(C)NC(c1ccccc1)c1ccccc1. The van der Waals surface area contributed by atoms with Crippen molar-refractivity contribution in [2.24, 2.45) is 5.92 Å². The highest BCUT2D eigenvalue weighted by atomic mass is 15.0. The molecule has 1 unspecified atom stereocenters. The standard InChI is InChI=1S/C20H27N/c1-4-17(5-2)16(3)21-20(18-12-8-6-9-13-18)19-14-10-7-11-15-19/h6-17,20-21H,4-5H2,1-3H3. The first-order valence-corrected chi connectivity index (χ1v) is 8.12. The van der Waals surface area contributed by atoms with Crippen molar-refractivity contribution >= 4 is 0 Å². The van der Waals surface area contributed by atoms with Gasteiger partial charge in [0.25, 0.3) is 0 Å². The Bertz CT molecular complexity index is 462. The Morgan fingerprint density at radius 1 is 0.762 bits per heavy atom. The van der Waals surface area contributed by atoms with Crippen LogP contribution in [0.1, 0.15) is 50.8 Å². The Labute approximate surface area is 129 Å². The van der Waals surface area contributed by atoms with Crippen molar-refractivity contribution in [3.8, 4) is 0 Å². The molecule has 1 heteroatoms. The molecule has 0 spiro atoms. The number of rotatable bonds is 7. The second-order valence-electron chi connectivity index (χ2n) is 5.79. The average Bonchev–Trinajstić information content (AvgIpc) is 2.55. The van der Waals surface area contributed by atoms with Crippen molar-refractivity contribution in [3.05, 3.63) is 71.8 Å². The van der Waals surface area contributed by atoms with Gasteiger partial charge in [0, 0.05) is 6.04 Å². The van der Waals surface area contributed by atoms with Gasteiger partial charge in [0.1, 0.15) is 0 Å². The molecule has 1 nitrogen and oxygen atoms in total. The van der Waals surface area contributed by atoms with Crippen LogP contribution >= 0.6 is 0 Å². The molecule has 2 aromatic carbocycles. The van der Waals surface area contributed by atoms with Crippen molar-refractivity contribution in [2.75, 3.05) is 0 Å². The van der Waals surface area contributed by atoms with E-state index in [0.29, 0.717) is 6.04 Å². The molecular weight excluding hydrogens is 254 g/mol. The predicted octanol–water partition coefficient (Wildman–Crippen LogP) is 5.19. The van der Waals surface area contributed by atoms with Gasteiger partial charge >= 0.3 is 0 Å². The van der Waals surface area contributed by atoms with Crippen molar-refractivity contribution < 1.29 is 0 Å². The van der Waals surface area contributed by atoms with Crippen LogP contribution in [0.5, 0.6) is 0 Å². The molecule has 0 fully saturated rings. The summed E-state index contributed by atoms with van der Waals surface area (Å²) in [7, 11) is 0. The second-order valence-corrected chi connectivity index (χ2v) is 5.79. The highest BCUT2D eigenvalue weighted by Crippen LogP contribution is 2.24. The topological polar surface area (TPSA) is 12.0 Å². The molecule has 0 saturated carbocycles. The second kappa shape index (κ2) is 7.99. The molecule has 0 aliphatic carbocycles. The minimum atomic E-state index is 0.267. The largest absolute Gasteiger partial charge is 0.303 e. The molecule has 0 aliphatic heterocycles. The van der Waals surface area contributed by atoms with Crippen molar-refractivity contribution in [2.45, 2.75) is 45.7 Å². The molecule has 0 radical (unpaired) electrons. The van der Waals surface area contributed by atoms with E-state index in [1.165, 1.54) is 24.0 Å². The molecule has 1 N–H and O–H groups in total. The molecule has 0 bridgehead atoms. The zero-order valence-corrected chi connectivity index (χ0v) is 13.4. The van der Waals surface area contributed by atoms with Gasteiger partial charge in [0.15, 0.2) is 0 Å². The highest BCUT2D eigenvalue weighted by Gasteiger charge is 2.20. The molecule has 0 heterocycles. The predicted molar refractivity (Wildman–Crippen MR) is 91.4 cm³/mol. The molecule has 0 amide bonds. The lowest BCUT2D eigenvalue weighted by atomic mass is 9.92. The van der Waals surface area contributed by atoms with E-state index in [-0.39, 0.29) is 6.04 Å². The zero-order valence-electron chi connectivity index (χ0n) is 13.4. The summed E-state index contributed by atoms with van der Waals surface area (Å²) < 4.78 is 0. The molecule has 0 aromatic heterocycles. The van der Waals surface area contributed by atoms with Crippen LogP contribution in [0, 0.1) is 5.92 Å². The molecule has 21 heavy (non-hydrogen) atoms. The van der Waals surface area contributed by atoms with Crippen LogP contribution in [-0.4, -0.2) is 6.04 Å². The third-order valence-corrected chi connectivity index (χ3v) is 4.45. The van der Waals surface area contributed by atoms with E-state index >= 15 is 0 Å². The van der Waals surface area contributed by atoms with Crippen LogP contribution in [0.3, 0.4) is 0 Å². The number of benzene rings is 2. The number of hydrogen-bond donors (Lipinski definition) is 1. The van der Waals surface area contributed by atoms with Crippen LogP contribution in [0.2, 0.25) is 0 Å². The minimum absolute atomic E-state index is 0.267. The van der Waals surface area contributed by atoms with Crippen LogP contribution in [0.4, 0.5) is 0 Å². The maximum absolute atomic E-state index is 3.85. The Balaban J connectivity index is 2.25. The third kappa shape index (κ3) is 4.18. The molecule has 1 atom stereocenters. The Kier molecular flexibility index (Phi) is 6.01. The van der Waals surface area contributed by atoms with E-state index in [2.05, 4.69) is 86.8 Å². The Morgan fingerprint density at radius 3 is 1.57 bits per heavy atom. The molecule has 0 aliphatic rings. The van der Waals surface area contributed by atoms with Crippen LogP contribution < -0.4 is 5.32 Å². The van der Waals surface area contributed by atoms with Gasteiger partial charge in [0.05, 0.1) is 6.04 Å². The van der Waals surface area contributed by atoms with Gasteiger partial charge < -0.3 is 5.32 Å². The van der Waals surface area contributed by atoms with Gasteiger partial charge in [-0.25, -0.2) is 0 Å². The maximum atomic E-state index is 3.85. The lowest BCUT2D eigenvalue weighted by Gasteiger charge is -2.29. The summed E-state index contributed by atoms with van der Waals surface area (Å²) in [6, 6.07) is 22.3. The van der Waals surface area contributed by atoms with Gasteiger partial charge in [-0.1, -0.05) is 87.4 Å². The van der Waals surface area contributed by atoms with E-state index in [4.69, 9.17) is 0 Å². The molecule has 112 valence electrons. The van der Waals surface area contributed by atoms with Gasteiger partial charge in [-0.2, -0.15) is 0 Å². The van der Waals surface area contributed by atoms with E-state index in [1.807, 2.05) is 0 Å². The van der Waals surface area contributed by atoms with E-state index in [1.54, 1.807) is 0 Å². The first kappa shape index (κ1) is 15.8. The fraction of sp³-hybridized carbons (Fsp3) is 0.400. The van der Waals surface area contributed by atoms with E-state index in [0.717, 1.165) is 5.92 Å². The van der Waals surface area contributed by atoms with E-state index in [9.17, 15) is 0 Å². The molecule has 2 aromatic rings. The summed E-state index contributed by atoms with van der Waals surface area (Å²) in [6.07, 6.45) is 2.45. The quantitative estimate of drug-likeness (QED) is 0.736. The van der Waals surface area contributed by atoms with E-state index < -0.39 is 0 Å². The molecular formula is C20H27N. The van der Waals surface area contributed by atoms with Crippen molar-refractivity contribution in [3.63, 3.8) is 0 Å². The lowest BCUT2D eigenvalue weighted by molar-refractivity contribution is 0.337. The number of hydrogen-bond acceptors (Lipinski definition) is 1. The number of nitrogens with one attached hydrogen (secondary N) is 1. The van der Waals surface area contributed by atoms with Gasteiger partial charge in [-0.15, -0.1) is 0 Å². The fourth-order valence-corrected chi connectivity index (χ4v) is 3.07. The zero-order chi connectivity index (χ0) is 15.1. The summed E-state index contributed by atoms with van der Waals surface area (Å²) in [4.78, 5) is 0. The summed E-state index contributed by atoms with van der Waals surface area (Å²) in [6.45, 7) is 6.88. The van der Waals surface area contributed by atoms with Gasteiger partial charge in [-0.05, 0) is 24.0 Å². The van der Waals surface area contributed by atoms with Gasteiger partial charge in [0.2, 0.25) is 0 Å². The monoisotopic (exact) mass is 281 g/mol. The normalized spacial score (nSPS) is 12.8. The maximum Gasteiger partial charge on any atom is 0.0578 e. The summed E-state index contributed by atoms with van der Waals surface area (Å²) in [5.74, 6) is 0.722. The lowest BCUT2D eigenvalue weighted by Crippen LogP contribution is -2.36. The van der Waals surface area contributed by atoms with Gasteiger partial charge in [-0.3, -0.25) is 0 Å². The summed E-state index contributed by atoms with van der Waals surface area (Å²) in [5, 5.41) is 3.85. The fourth-order valence-electron chi connectivity index (χ4n) is 3.07. The van der Waals surface area contributed by atoms with Crippen LogP contribution in [-0.2, 0) is 0 Å².